The molecule has 0 radical (unpaired) electrons. The lowest BCUT2D eigenvalue weighted by Crippen LogP contribution is -2.34. The number of anilines is 2. The molecule has 1 aliphatic rings. The van der Waals surface area contributed by atoms with Crippen molar-refractivity contribution in [1.29, 1.82) is 0 Å². The Morgan fingerprint density at radius 3 is 2.74 bits per heavy atom. The molecule has 1 saturated heterocycles. The normalized spacial score (nSPS) is 17.6. The molecule has 0 saturated carbocycles. The Kier molecular flexibility index (Phi) is 5.39. The maximum atomic E-state index is 4.83. The molecule has 2 aromatic heterocycles. The minimum absolute atomic E-state index is 0.459. The Balaban J connectivity index is 1.45. The first-order chi connectivity index (χ1) is 13.3. The molecule has 1 aliphatic heterocycles. The van der Waals surface area contributed by atoms with Crippen LogP contribution in [-0.4, -0.2) is 32.9 Å². The number of hydrogen-bond acceptors (Lipinski definition) is 5. The molecule has 1 unspecified atom stereocenters. The van der Waals surface area contributed by atoms with Gasteiger partial charge in [0.15, 0.2) is 0 Å². The van der Waals surface area contributed by atoms with Gasteiger partial charge in [0.1, 0.15) is 5.82 Å². The lowest BCUT2D eigenvalue weighted by atomic mass is 9.93. The van der Waals surface area contributed by atoms with E-state index in [1.54, 1.807) is 18.5 Å². The molecule has 1 fully saturated rings. The highest BCUT2D eigenvalue weighted by Crippen LogP contribution is 2.28. The fourth-order valence-electron chi connectivity index (χ4n) is 3.70. The number of nitrogens with zero attached hydrogens (tertiary/aromatic N) is 4. The number of aromatic nitrogens is 3. The fraction of sp³-hybridized carbons (Fsp3) is 0.318. The second-order valence-corrected chi connectivity index (χ2v) is 7.15. The molecule has 0 bridgehead atoms. The summed E-state index contributed by atoms with van der Waals surface area (Å²) in [5, 5.41) is 3.19. The first-order valence-electron chi connectivity index (χ1n) is 9.56. The third kappa shape index (κ3) is 4.49. The molecule has 138 valence electrons. The molecule has 0 amide bonds. The summed E-state index contributed by atoms with van der Waals surface area (Å²) in [6.07, 6.45) is 5.84. The molecule has 1 aromatic carbocycles. The minimum atomic E-state index is 0.459. The molecule has 1 N–H and O–H groups in total. The SMILES string of the molecule is Cc1ccccc1CN1CCCC(c2cccc(Nc3ncccn3)n2)C1. The zero-order valence-corrected chi connectivity index (χ0v) is 15.7. The van der Waals surface area contributed by atoms with Gasteiger partial charge in [0.25, 0.3) is 0 Å². The Bertz CT molecular complexity index is 881. The molecule has 0 aliphatic carbocycles. The van der Waals surface area contributed by atoms with Crippen LogP contribution in [0.3, 0.4) is 0 Å². The number of nitrogens with one attached hydrogen (secondary N) is 1. The number of likely N-dealkylation sites (tertiary alicyclic amines) is 1. The molecule has 0 spiro atoms. The molecule has 3 aromatic rings. The Hall–Kier alpha value is -2.79. The monoisotopic (exact) mass is 359 g/mol. The van der Waals surface area contributed by atoms with Crippen molar-refractivity contribution in [2.75, 3.05) is 18.4 Å². The predicted molar refractivity (Wildman–Crippen MR) is 108 cm³/mol. The van der Waals surface area contributed by atoms with Crippen LogP contribution in [0.1, 0.15) is 35.6 Å². The van der Waals surface area contributed by atoms with Crippen molar-refractivity contribution >= 4 is 11.8 Å². The van der Waals surface area contributed by atoms with Crippen LogP contribution in [-0.2, 0) is 6.54 Å². The van der Waals surface area contributed by atoms with Gasteiger partial charge in [0.2, 0.25) is 5.95 Å². The third-order valence-corrected chi connectivity index (χ3v) is 5.16. The van der Waals surface area contributed by atoms with Crippen molar-refractivity contribution < 1.29 is 0 Å². The molecule has 1 atom stereocenters. The van der Waals surface area contributed by atoms with Gasteiger partial charge >= 0.3 is 0 Å². The van der Waals surface area contributed by atoms with Crippen molar-refractivity contribution in [2.45, 2.75) is 32.2 Å². The molecule has 27 heavy (non-hydrogen) atoms. The van der Waals surface area contributed by atoms with E-state index >= 15 is 0 Å². The number of hydrogen-bond donors (Lipinski definition) is 1. The van der Waals surface area contributed by atoms with Crippen molar-refractivity contribution in [3.05, 3.63) is 77.7 Å². The highest BCUT2D eigenvalue weighted by atomic mass is 15.1. The van der Waals surface area contributed by atoms with E-state index in [2.05, 4.69) is 63.5 Å². The van der Waals surface area contributed by atoms with Gasteiger partial charge in [0.05, 0.1) is 0 Å². The van der Waals surface area contributed by atoms with E-state index in [-0.39, 0.29) is 0 Å². The van der Waals surface area contributed by atoms with Crippen LogP contribution in [0.2, 0.25) is 0 Å². The van der Waals surface area contributed by atoms with Crippen molar-refractivity contribution in [1.82, 2.24) is 19.9 Å². The average molecular weight is 359 g/mol. The van der Waals surface area contributed by atoms with E-state index < -0.39 is 0 Å². The van der Waals surface area contributed by atoms with Gasteiger partial charge in [-0.1, -0.05) is 30.3 Å². The van der Waals surface area contributed by atoms with E-state index in [4.69, 9.17) is 4.98 Å². The van der Waals surface area contributed by atoms with Gasteiger partial charge in [-0.15, -0.1) is 0 Å². The van der Waals surface area contributed by atoms with E-state index in [1.165, 1.54) is 24.0 Å². The second-order valence-electron chi connectivity index (χ2n) is 7.15. The van der Waals surface area contributed by atoms with Crippen LogP contribution in [0, 0.1) is 6.92 Å². The van der Waals surface area contributed by atoms with Crippen LogP contribution < -0.4 is 5.32 Å². The number of pyridine rings is 1. The molecular weight excluding hydrogens is 334 g/mol. The van der Waals surface area contributed by atoms with Crippen molar-refractivity contribution in [2.24, 2.45) is 0 Å². The summed E-state index contributed by atoms with van der Waals surface area (Å²) in [5.74, 6) is 1.84. The lowest BCUT2D eigenvalue weighted by molar-refractivity contribution is 0.198. The van der Waals surface area contributed by atoms with Gasteiger partial charge < -0.3 is 5.32 Å². The summed E-state index contributed by atoms with van der Waals surface area (Å²) in [5.41, 5.74) is 3.93. The number of benzene rings is 1. The zero-order chi connectivity index (χ0) is 18.5. The smallest absolute Gasteiger partial charge is 0.228 e. The zero-order valence-electron chi connectivity index (χ0n) is 15.7. The maximum absolute atomic E-state index is 4.83. The summed E-state index contributed by atoms with van der Waals surface area (Å²) >= 11 is 0. The van der Waals surface area contributed by atoms with Crippen LogP contribution in [0.4, 0.5) is 11.8 Å². The molecule has 4 rings (SSSR count). The Morgan fingerprint density at radius 2 is 1.89 bits per heavy atom. The summed E-state index contributed by atoms with van der Waals surface area (Å²) in [7, 11) is 0. The second kappa shape index (κ2) is 8.27. The first kappa shape index (κ1) is 17.6. The van der Waals surface area contributed by atoms with Crippen LogP contribution >= 0.6 is 0 Å². The van der Waals surface area contributed by atoms with E-state index in [0.29, 0.717) is 11.9 Å². The van der Waals surface area contributed by atoms with Gasteiger partial charge in [-0.25, -0.2) is 15.0 Å². The first-order valence-corrected chi connectivity index (χ1v) is 9.56. The highest BCUT2D eigenvalue weighted by Gasteiger charge is 2.23. The molecule has 3 heterocycles. The Morgan fingerprint density at radius 1 is 1.04 bits per heavy atom. The number of rotatable bonds is 5. The summed E-state index contributed by atoms with van der Waals surface area (Å²) < 4.78 is 0. The van der Waals surface area contributed by atoms with Crippen LogP contribution in [0.5, 0.6) is 0 Å². The van der Waals surface area contributed by atoms with E-state index in [1.807, 2.05) is 6.07 Å². The predicted octanol–water partition coefficient (Wildman–Crippen LogP) is 4.30. The lowest BCUT2D eigenvalue weighted by Gasteiger charge is -2.33. The van der Waals surface area contributed by atoms with Crippen molar-refractivity contribution in [3.63, 3.8) is 0 Å². The fourth-order valence-corrected chi connectivity index (χ4v) is 3.70. The van der Waals surface area contributed by atoms with Gasteiger partial charge in [-0.2, -0.15) is 0 Å². The van der Waals surface area contributed by atoms with Crippen LogP contribution in [0.15, 0.2) is 60.9 Å². The molecular formula is C22H25N5. The standard InChI is InChI=1S/C22H25N5/c1-17-7-2-3-8-18(17)15-27-14-5-9-19(16-27)20-10-4-11-21(25-20)26-22-23-12-6-13-24-22/h2-4,6-8,10-13,19H,5,9,14-16H2,1H3,(H,23,24,25,26). The topological polar surface area (TPSA) is 53.9 Å². The minimum Gasteiger partial charge on any atom is -0.309 e. The highest BCUT2D eigenvalue weighted by molar-refractivity contribution is 5.47. The number of aryl methyl sites for hydroxylation is 1. The maximum Gasteiger partial charge on any atom is 0.228 e. The van der Waals surface area contributed by atoms with Crippen LogP contribution in [0.25, 0.3) is 0 Å². The third-order valence-electron chi connectivity index (χ3n) is 5.16. The number of piperidine rings is 1. The van der Waals surface area contributed by atoms with Crippen molar-refractivity contribution in [3.8, 4) is 0 Å². The summed E-state index contributed by atoms with van der Waals surface area (Å²) in [4.78, 5) is 15.8. The van der Waals surface area contributed by atoms with Gasteiger partial charge in [-0.05, 0) is 55.6 Å². The summed E-state index contributed by atoms with van der Waals surface area (Å²) in [6.45, 7) is 5.41. The molecule has 5 nitrogen and oxygen atoms in total. The molecule has 5 heteroatoms. The summed E-state index contributed by atoms with van der Waals surface area (Å²) in [6, 6.07) is 16.6. The van der Waals surface area contributed by atoms with Gasteiger partial charge in [0, 0.05) is 37.1 Å². The van der Waals surface area contributed by atoms with E-state index in [0.717, 1.165) is 31.1 Å². The average Bonchev–Trinajstić information content (AvgIpc) is 2.71. The quantitative estimate of drug-likeness (QED) is 0.736. The largest absolute Gasteiger partial charge is 0.309 e. The van der Waals surface area contributed by atoms with E-state index in [9.17, 15) is 0 Å². The van der Waals surface area contributed by atoms with Gasteiger partial charge in [-0.3, -0.25) is 4.90 Å². The Labute approximate surface area is 160 Å².